The average molecular weight is 455 g/mol. The van der Waals surface area contributed by atoms with Crippen molar-refractivity contribution in [2.45, 2.75) is 58.0 Å². The number of hydrogen-bond acceptors (Lipinski definition) is 3. The average Bonchev–Trinajstić information content (AvgIpc) is 3.26. The van der Waals surface area contributed by atoms with Crippen LogP contribution in [0.2, 0.25) is 0 Å². The first-order chi connectivity index (χ1) is 16.3. The number of aryl methyl sites for hydroxylation is 2. The molecule has 1 saturated carbocycles. The zero-order valence-corrected chi connectivity index (χ0v) is 20.4. The molecular formula is C31H34O3. The van der Waals surface area contributed by atoms with Crippen LogP contribution < -0.4 is 0 Å². The van der Waals surface area contributed by atoms with E-state index in [4.69, 9.17) is 4.74 Å². The Morgan fingerprint density at radius 1 is 0.912 bits per heavy atom. The highest BCUT2D eigenvalue weighted by molar-refractivity contribution is 5.73. The number of methoxy groups -OCH3 is 1. The van der Waals surface area contributed by atoms with Crippen molar-refractivity contribution in [1.82, 2.24) is 0 Å². The van der Waals surface area contributed by atoms with E-state index < -0.39 is 5.60 Å². The SMILES string of the molecule is COC(=O)Cc1ccc(-c2ccc(Cc3ccc(/C=C/C4(O)CCCC4)c(C)c3)cc2C)cc1. The molecule has 0 aliphatic heterocycles. The maximum atomic E-state index is 11.5. The molecule has 0 radical (unpaired) electrons. The van der Waals surface area contributed by atoms with Gasteiger partial charge in [0.25, 0.3) is 0 Å². The minimum atomic E-state index is -0.619. The molecule has 0 unspecified atom stereocenters. The summed E-state index contributed by atoms with van der Waals surface area (Å²) in [7, 11) is 1.41. The van der Waals surface area contributed by atoms with Crippen molar-refractivity contribution in [2.24, 2.45) is 0 Å². The molecule has 176 valence electrons. The molecule has 3 heteroatoms. The fourth-order valence-electron chi connectivity index (χ4n) is 4.87. The highest BCUT2D eigenvalue weighted by Crippen LogP contribution is 2.31. The molecule has 1 aliphatic carbocycles. The van der Waals surface area contributed by atoms with E-state index in [1.165, 1.54) is 40.5 Å². The summed E-state index contributed by atoms with van der Waals surface area (Å²) in [5, 5.41) is 10.6. The molecule has 0 amide bonds. The second-order valence-corrected chi connectivity index (χ2v) is 9.61. The molecule has 0 atom stereocenters. The van der Waals surface area contributed by atoms with Crippen LogP contribution in [0.25, 0.3) is 17.2 Å². The van der Waals surface area contributed by atoms with E-state index in [0.29, 0.717) is 6.42 Å². The van der Waals surface area contributed by atoms with Crippen LogP contribution in [0.15, 0.2) is 66.7 Å². The summed E-state index contributed by atoms with van der Waals surface area (Å²) in [6.45, 7) is 4.29. The third-order valence-electron chi connectivity index (χ3n) is 6.92. The van der Waals surface area contributed by atoms with Crippen molar-refractivity contribution in [2.75, 3.05) is 7.11 Å². The van der Waals surface area contributed by atoms with Gasteiger partial charge in [0.2, 0.25) is 0 Å². The third-order valence-corrected chi connectivity index (χ3v) is 6.92. The van der Waals surface area contributed by atoms with Crippen molar-refractivity contribution in [3.05, 3.63) is 100 Å². The number of esters is 1. The molecule has 0 saturated heterocycles. The van der Waals surface area contributed by atoms with Gasteiger partial charge in [-0.1, -0.05) is 85.7 Å². The minimum Gasteiger partial charge on any atom is -0.469 e. The van der Waals surface area contributed by atoms with Gasteiger partial charge in [0.1, 0.15) is 0 Å². The topological polar surface area (TPSA) is 46.5 Å². The predicted octanol–water partition coefficient (Wildman–Crippen LogP) is 6.60. The van der Waals surface area contributed by atoms with Gasteiger partial charge in [-0.05, 0) is 77.6 Å². The lowest BCUT2D eigenvalue weighted by Gasteiger charge is -2.16. The van der Waals surface area contributed by atoms with Gasteiger partial charge in [-0.25, -0.2) is 0 Å². The van der Waals surface area contributed by atoms with Gasteiger partial charge in [0.15, 0.2) is 0 Å². The van der Waals surface area contributed by atoms with E-state index in [9.17, 15) is 9.90 Å². The van der Waals surface area contributed by atoms with E-state index in [0.717, 1.165) is 43.2 Å². The first kappa shape index (κ1) is 24.0. The van der Waals surface area contributed by atoms with Crippen LogP contribution in [-0.2, 0) is 22.4 Å². The van der Waals surface area contributed by atoms with Crippen LogP contribution >= 0.6 is 0 Å². The standard InChI is InChI=1S/C31H34O3/c1-22-18-25(8-10-27(22)14-17-31(33)15-4-5-16-31)20-26-9-13-29(23(2)19-26)28-11-6-24(7-12-28)21-30(32)34-3/h6-14,17-19,33H,4-5,15-16,20-21H2,1-3H3/b17-14+. The second-order valence-electron chi connectivity index (χ2n) is 9.61. The van der Waals surface area contributed by atoms with Gasteiger partial charge >= 0.3 is 5.97 Å². The maximum Gasteiger partial charge on any atom is 0.309 e. The Labute approximate surface area is 203 Å². The third kappa shape index (κ3) is 5.84. The van der Waals surface area contributed by atoms with Gasteiger partial charge in [-0.3, -0.25) is 4.79 Å². The minimum absolute atomic E-state index is 0.223. The predicted molar refractivity (Wildman–Crippen MR) is 139 cm³/mol. The number of carbonyl (C=O) groups is 1. The van der Waals surface area contributed by atoms with Crippen LogP contribution in [0.1, 0.15) is 59.1 Å². The summed E-state index contributed by atoms with van der Waals surface area (Å²) >= 11 is 0. The van der Waals surface area contributed by atoms with Crippen molar-refractivity contribution in [3.8, 4) is 11.1 Å². The highest BCUT2D eigenvalue weighted by atomic mass is 16.5. The summed E-state index contributed by atoms with van der Waals surface area (Å²) in [5.74, 6) is -0.223. The Bertz CT molecular complexity index is 1180. The van der Waals surface area contributed by atoms with Crippen molar-refractivity contribution in [1.29, 1.82) is 0 Å². The number of hydrogen-bond donors (Lipinski definition) is 1. The lowest BCUT2D eigenvalue weighted by Crippen LogP contribution is -2.19. The Hall–Kier alpha value is -3.17. The first-order valence-corrected chi connectivity index (χ1v) is 12.1. The van der Waals surface area contributed by atoms with Crippen LogP contribution in [0.5, 0.6) is 0 Å². The van der Waals surface area contributed by atoms with Gasteiger partial charge in [-0.2, -0.15) is 0 Å². The molecule has 4 rings (SSSR count). The molecule has 3 aromatic carbocycles. The van der Waals surface area contributed by atoms with E-state index in [1.807, 2.05) is 18.2 Å². The quantitative estimate of drug-likeness (QED) is 0.409. The van der Waals surface area contributed by atoms with Crippen LogP contribution in [0, 0.1) is 13.8 Å². The lowest BCUT2D eigenvalue weighted by atomic mass is 9.94. The molecule has 0 heterocycles. The normalized spacial score (nSPS) is 15.1. The Kier molecular flexibility index (Phi) is 7.33. The van der Waals surface area contributed by atoms with Crippen molar-refractivity contribution >= 4 is 12.0 Å². The van der Waals surface area contributed by atoms with Crippen molar-refractivity contribution in [3.63, 3.8) is 0 Å². The number of rotatable bonds is 7. The maximum absolute atomic E-state index is 11.5. The zero-order valence-electron chi connectivity index (χ0n) is 20.4. The molecule has 3 aromatic rings. The summed E-state index contributed by atoms with van der Waals surface area (Å²) in [6.07, 6.45) is 9.21. The zero-order chi connectivity index (χ0) is 24.1. The fourth-order valence-corrected chi connectivity index (χ4v) is 4.87. The smallest absolute Gasteiger partial charge is 0.309 e. The van der Waals surface area contributed by atoms with Gasteiger partial charge in [0.05, 0.1) is 19.1 Å². The molecule has 1 N–H and O–H groups in total. The summed E-state index contributed by atoms with van der Waals surface area (Å²) in [6, 6.07) is 21.4. The molecular weight excluding hydrogens is 420 g/mol. The van der Waals surface area contributed by atoms with Crippen LogP contribution in [0.3, 0.4) is 0 Å². The van der Waals surface area contributed by atoms with Crippen molar-refractivity contribution < 1.29 is 14.6 Å². The summed E-state index contributed by atoms with van der Waals surface area (Å²) in [4.78, 5) is 11.5. The van der Waals surface area contributed by atoms with Gasteiger partial charge in [0, 0.05) is 0 Å². The number of aliphatic hydroxyl groups is 1. The van der Waals surface area contributed by atoms with E-state index >= 15 is 0 Å². The monoisotopic (exact) mass is 454 g/mol. The van der Waals surface area contributed by atoms with E-state index in [-0.39, 0.29) is 5.97 Å². The molecule has 34 heavy (non-hydrogen) atoms. The fraction of sp³-hybridized carbons (Fsp3) is 0.323. The molecule has 0 spiro atoms. The number of ether oxygens (including phenoxy) is 1. The molecule has 0 aromatic heterocycles. The first-order valence-electron chi connectivity index (χ1n) is 12.1. The second kappa shape index (κ2) is 10.4. The summed E-state index contributed by atoms with van der Waals surface area (Å²) in [5.41, 5.74) is 8.90. The van der Waals surface area contributed by atoms with Gasteiger partial charge < -0.3 is 9.84 Å². The summed E-state index contributed by atoms with van der Waals surface area (Å²) < 4.78 is 4.75. The Morgan fingerprint density at radius 2 is 1.53 bits per heavy atom. The lowest BCUT2D eigenvalue weighted by molar-refractivity contribution is -0.139. The van der Waals surface area contributed by atoms with Gasteiger partial charge in [-0.15, -0.1) is 0 Å². The number of carbonyl (C=O) groups excluding carboxylic acids is 1. The van der Waals surface area contributed by atoms with Crippen LogP contribution in [-0.4, -0.2) is 23.8 Å². The molecule has 0 bridgehead atoms. The largest absolute Gasteiger partial charge is 0.469 e. The van der Waals surface area contributed by atoms with E-state index in [2.05, 4.69) is 68.5 Å². The molecule has 1 aliphatic rings. The highest BCUT2D eigenvalue weighted by Gasteiger charge is 2.27. The molecule has 3 nitrogen and oxygen atoms in total. The molecule has 1 fully saturated rings. The number of benzene rings is 3. The Morgan fingerprint density at radius 3 is 2.15 bits per heavy atom. The van der Waals surface area contributed by atoms with Crippen LogP contribution in [0.4, 0.5) is 0 Å². The van der Waals surface area contributed by atoms with E-state index in [1.54, 1.807) is 0 Å². The Balaban J connectivity index is 1.44.